The quantitative estimate of drug-likeness (QED) is 0.689. The standard InChI is InChI=1S/C22H20F2O2/c1-16(26-15-17-5-3-2-4-6-17)22(25,18-7-11-20(23)12-8-18)19-9-13-21(24)14-10-19/h2-14,16,25H,15H2,1H3. The Morgan fingerprint density at radius 1 is 0.808 bits per heavy atom. The summed E-state index contributed by atoms with van der Waals surface area (Å²) in [6, 6.07) is 20.8. The smallest absolute Gasteiger partial charge is 0.140 e. The summed E-state index contributed by atoms with van der Waals surface area (Å²) in [6.07, 6.45) is -0.654. The number of hydrogen-bond donors (Lipinski definition) is 1. The minimum absolute atomic E-state index is 0.312. The molecule has 0 aromatic heterocycles. The second-order valence-corrected chi connectivity index (χ2v) is 6.22. The van der Waals surface area contributed by atoms with Crippen molar-refractivity contribution in [3.05, 3.63) is 107 Å². The van der Waals surface area contributed by atoms with Gasteiger partial charge in [-0.25, -0.2) is 8.78 Å². The van der Waals surface area contributed by atoms with E-state index in [1.54, 1.807) is 6.92 Å². The number of ether oxygens (including phenoxy) is 1. The molecule has 0 radical (unpaired) electrons. The molecule has 0 fully saturated rings. The van der Waals surface area contributed by atoms with Gasteiger partial charge in [0, 0.05) is 0 Å². The molecule has 3 aromatic carbocycles. The second-order valence-electron chi connectivity index (χ2n) is 6.22. The van der Waals surface area contributed by atoms with Crippen molar-refractivity contribution in [1.29, 1.82) is 0 Å². The Bertz CT molecular complexity index is 785. The first-order chi connectivity index (χ1) is 12.5. The van der Waals surface area contributed by atoms with Crippen LogP contribution in [0.4, 0.5) is 8.78 Å². The Morgan fingerprint density at radius 3 is 1.73 bits per heavy atom. The van der Waals surface area contributed by atoms with E-state index in [9.17, 15) is 13.9 Å². The van der Waals surface area contributed by atoms with Crippen LogP contribution in [-0.4, -0.2) is 11.2 Å². The fourth-order valence-corrected chi connectivity index (χ4v) is 2.96. The molecule has 1 unspecified atom stereocenters. The van der Waals surface area contributed by atoms with Crippen molar-refractivity contribution in [3.8, 4) is 0 Å². The van der Waals surface area contributed by atoms with Gasteiger partial charge in [-0.3, -0.25) is 0 Å². The third-order valence-electron chi connectivity index (χ3n) is 4.50. The van der Waals surface area contributed by atoms with Crippen LogP contribution in [0.25, 0.3) is 0 Å². The first-order valence-electron chi connectivity index (χ1n) is 8.40. The van der Waals surface area contributed by atoms with Gasteiger partial charge in [0.15, 0.2) is 0 Å². The van der Waals surface area contributed by atoms with Gasteiger partial charge in [-0.2, -0.15) is 0 Å². The Balaban J connectivity index is 1.94. The van der Waals surface area contributed by atoms with E-state index in [-0.39, 0.29) is 0 Å². The molecule has 0 aliphatic rings. The topological polar surface area (TPSA) is 29.5 Å². The zero-order valence-corrected chi connectivity index (χ0v) is 14.4. The molecule has 0 aliphatic carbocycles. The molecule has 0 heterocycles. The van der Waals surface area contributed by atoms with Gasteiger partial charge in [0.05, 0.1) is 12.7 Å². The van der Waals surface area contributed by atoms with E-state index in [1.165, 1.54) is 48.5 Å². The van der Waals surface area contributed by atoms with E-state index in [0.29, 0.717) is 17.7 Å². The monoisotopic (exact) mass is 354 g/mol. The molecular formula is C22H20F2O2. The molecular weight excluding hydrogens is 334 g/mol. The maximum Gasteiger partial charge on any atom is 0.140 e. The van der Waals surface area contributed by atoms with Crippen molar-refractivity contribution in [2.75, 3.05) is 0 Å². The zero-order valence-electron chi connectivity index (χ0n) is 14.4. The van der Waals surface area contributed by atoms with Gasteiger partial charge in [0.2, 0.25) is 0 Å². The highest BCUT2D eigenvalue weighted by Crippen LogP contribution is 2.35. The molecule has 0 saturated carbocycles. The average molecular weight is 354 g/mol. The Hall–Kier alpha value is -2.56. The van der Waals surface area contributed by atoms with E-state index in [1.807, 2.05) is 30.3 Å². The molecule has 0 aliphatic heterocycles. The maximum atomic E-state index is 13.3. The molecule has 26 heavy (non-hydrogen) atoms. The third kappa shape index (κ3) is 3.82. The molecule has 2 nitrogen and oxygen atoms in total. The van der Waals surface area contributed by atoms with Crippen molar-refractivity contribution >= 4 is 0 Å². The van der Waals surface area contributed by atoms with Crippen LogP contribution in [0.3, 0.4) is 0 Å². The largest absolute Gasteiger partial charge is 0.378 e. The maximum absolute atomic E-state index is 13.3. The Labute approximate surface area is 151 Å². The van der Waals surface area contributed by atoms with Crippen LogP contribution in [-0.2, 0) is 16.9 Å². The molecule has 0 bridgehead atoms. The molecule has 0 spiro atoms. The van der Waals surface area contributed by atoms with E-state index < -0.39 is 23.3 Å². The summed E-state index contributed by atoms with van der Waals surface area (Å²) in [7, 11) is 0. The normalized spacial score (nSPS) is 12.8. The van der Waals surface area contributed by atoms with Crippen LogP contribution in [0.1, 0.15) is 23.6 Å². The van der Waals surface area contributed by atoms with Gasteiger partial charge in [-0.15, -0.1) is 0 Å². The van der Waals surface area contributed by atoms with Crippen LogP contribution < -0.4 is 0 Å². The van der Waals surface area contributed by atoms with Crippen LogP contribution in [0.5, 0.6) is 0 Å². The fourth-order valence-electron chi connectivity index (χ4n) is 2.96. The number of halogens is 2. The van der Waals surface area contributed by atoms with Gasteiger partial charge in [-0.05, 0) is 47.9 Å². The zero-order chi connectivity index (χ0) is 18.6. The predicted molar refractivity (Wildman–Crippen MR) is 96.5 cm³/mol. The van der Waals surface area contributed by atoms with Gasteiger partial charge in [0.1, 0.15) is 17.2 Å². The van der Waals surface area contributed by atoms with Crippen LogP contribution >= 0.6 is 0 Å². The molecule has 1 atom stereocenters. The van der Waals surface area contributed by atoms with Gasteiger partial charge < -0.3 is 9.84 Å². The van der Waals surface area contributed by atoms with Crippen molar-refractivity contribution in [3.63, 3.8) is 0 Å². The highest BCUT2D eigenvalue weighted by molar-refractivity contribution is 5.37. The molecule has 3 aromatic rings. The van der Waals surface area contributed by atoms with Gasteiger partial charge >= 0.3 is 0 Å². The molecule has 3 rings (SSSR count). The van der Waals surface area contributed by atoms with E-state index >= 15 is 0 Å². The van der Waals surface area contributed by atoms with Crippen LogP contribution in [0, 0.1) is 11.6 Å². The minimum Gasteiger partial charge on any atom is -0.378 e. The summed E-state index contributed by atoms with van der Waals surface area (Å²) in [6.45, 7) is 2.06. The summed E-state index contributed by atoms with van der Waals surface area (Å²) in [4.78, 5) is 0. The van der Waals surface area contributed by atoms with E-state index in [0.717, 1.165) is 5.56 Å². The van der Waals surface area contributed by atoms with Crippen LogP contribution in [0.15, 0.2) is 78.9 Å². The lowest BCUT2D eigenvalue weighted by Gasteiger charge is -2.35. The minimum atomic E-state index is -1.55. The Kier molecular flexibility index (Phi) is 5.45. The van der Waals surface area contributed by atoms with E-state index in [2.05, 4.69) is 0 Å². The van der Waals surface area contributed by atoms with Crippen molar-refractivity contribution in [2.45, 2.75) is 25.2 Å². The number of aliphatic hydroxyl groups is 1. The Morgan fingerprint density at radius 2 is 1.27 bits per heavy atom. The van der Waals surface area contributed by atoms with Gasteiger partial charge in [-0.1, -0.05) is 54.6 Å². The lowest BCUT2D eigenvalue weighted by Crippen LogP contribution is -2.40. The number of rotatable bonds is 6. The van der Waals surface area contributed by atoms with Crippen molar-refractivity contribution in [1.82, 2.24) is 0 Å². The molecule has 1 N–H and O–H groups in total. The molecule has 4 heteroatoms. The number of hydrogen-bond acceptors (Lipinski definition) is 2. The highest BCUT2D eigenvalue weighted by Gasteiger charge is 2.38. The molecule has 134 valence electrons. The summed E-state index contributed by atoms with van der Waals surface area (Å²) >= 11 is 0. The first-order valence-corrected chi connectivity index (χ1v) is 8.40. The van der Waals surface area contributed by atoms with Crippen molar-refractivity contribution < 1.29 is 18.6 Å². The summed E-state index contributed by atoms with van der Waals surface area (Å²) < 4.78 is 32.6. The second kappa shape index (κ2) is 7.77. The lowest BCUT2D eigenvalue weighted by atomic mass is 9.82. The van der Waals surface area contributed by atoms with Gasteiger partial charge in [0.25, 0.3) is 0 Å². The summed E-state index contributed by atoms with van der Waals surface area (Å²) in [5.74, 6) is -0.791. The van der Waals surface area contributed by atoms with Crippen molar-refractivity contribution in [2.24, 2.45) is 0 Å². The fraction of sp³-hybridized carbons (Fsp3) is 0.182. The SMILES string of the molecule is CC(OCc1ccccc1)C(O)(c1ccc(F)cc1)c1ccc(F)cc1. The number of benzene rings is 3. The summed E-state index contributed by atoms with van der Waals surface area (Å²) in [5, 5.41) is 11.5. The lowest BCUT2D eigenvalue weighted by molar-refractivity contribution is -0.0872. The molecule has 0 saturated heterocycles. The van der Waals surface area contributed by atoms with Crippen LogP contribution in [0.2, 0.25) is 0 Å². The molecule has 0 amide bonds. The predicted octanol–water partition coefficient (Wildman–Crippen LogP) is 4.81. The third-order valence-corrected chi connectivity index (χ3v) is 4.50. The average Bonchev–Trinajstić information content (AvgIpc) is 2.67. The highest BCUT2D eigenvalue weighted by atomic mass is 19.1. The summed E-state index contributed by atoms with van der Waals surface area (Å²) in [5.41, 5.74) is 0.382. The first kappa shape index (κ1) is 18.2. The van der Waals surface area contributed by atoms with E-state index in [4.69, 9.17) is 4.74 Å².